The van der Waals surface area contributed by atoms with Gasteiger partial charge in [-0.25, -0.2) is 0 Å². The summed E-state index contributed by atoms with van der Waals surface area (Å²) in [4.78, 5) is 37.1. The van der Waals surface area contributed by atoms with Crippen LogP contribution in [0.5, 0.6) is 0 Å². The molecule has 2 aliphatic rings. The summed E-state index contributed by atoms with van der Waals surface area (Å²) < 4.78 is 2.84. The summed E-state index contributed by atoms with van der Waals surface area (Å²) in [7, 11) is 0. The Kier molecular flexibility index (Phi) is 6.96. The van der Waals surface area contributed by atoms with Crippen LogP contribution in [-0.4, -0.2) is 53.5 Å². The van der Waals surface area contributed by atoms with Crippen LogP contribution in [0.2, 0.25) is 0 Å². The SMILES string of the molecule is C=C(CNC=O)N1CCC[C@H]1C(=O)NC(CC)C(=O)NSC1CC1. The molecule has 0 aromatic heterocycles. The van der Waals surface area contributed by atoms with E-state index in [1.807, 2.05) is 11.8 Å². The first kappa shape index (κ1) is 18.6. The van der Waals surface area contributed by atoms with Crippen LogP contribution >= 0.6 is 11.9 Å². The summed E-state index contributed by atoms with van der Waals surface area (Å²) in [5, 5.41) is 5.95. The molecule has 7 nitrogen and oxygen atoms in total. The van der Waals surface area contributed by atoms with Crippen LogP contribution in [0.1, 0.15) is 39.0 Å². The number of likely N-dealkylation sites (tertiary alicyclic amines) is 1. The van der Waals surface area contributed by atoms with E-state index in [-0.39, 0.29) is 17.9 Å². The number of carbonyl (C=O) groups is 3. The number of carbonyl (C=O) groups excluding carboxylic acids is 3. The molecule has 0 aromatic rings. The molecule has 8 heteroatoms. The molecular formula is C16H26N4O3S. The van der Waals surface area contributed by atoms with Gasteiger partial charge in [0, 0.05) is 17.5 Å². The van der Waals surface area contributed by atoms with Gasteiger partial charge < -0.3 is 15.5 Å². The van der Waals surface area contributed by atoms with Crippen molar-refractivity contribution in [3.8, 4) is 0 Å². The average molecular weight is 354 g/mol. The molecule has 2 atom stereocenters. The zero-order valence-electron chi connectivity index (χ0n) is 14.0. The van der Waals surface area contributed by atoms with Crippen LogP contribution < -0.4 is 15.4 Å². The Morgan fingerprint density at radius 2 is 2.12 bits per heavy atom. The minimum atomic E-state index is -0.521. The molecule has 0 aromatic carbocycles. The minimum Gasteiger partial charge on any atom is -0.362 e. The third-order valence-electron chi connectivity index (χ3n) is 4.24. The third kappa shape index (κ3) is 5.15. The van der Waals surface area contributed by atoms with Crippen molar-refractivity contribution in [2.75, 3.05) is 13.1 Å². The number of hydrogen-bond acceptors (Lipinski definition) is 5. The molecule has 3 amide bonds. The lowest BCUT2D eigenvalue weighted by molar-refractivity contribution is -0.130. The Hall–Kier alpha value is -1.70. The molecule has 2 rings (SSSR count). The van der Waals surface area contributed by atoms with Gasteiger partial charge in [0.1, 0.15) is 12.1 Å². The Bertz CT molecular complexity index is 496. The molecule has 24 heavy (non-hydrogen) atoms. The normalized spacial score (nSPS) is 21.0. The van der Waals surface area contributed by atoms with Crippen molar-refractivity contribution in [1.29, 1.82) is 0 Å². The van der Waals surface area contributed by atoms with Crippen LogP contribution in [0.4, 0.5) is 0 Å². The highest BCUT2D eigenvalue weighted by Crippen LogP contribution is 2.31. The molecule has 1 unspecified atom stereocenters. The number of hydrogen-bond donors (Lipinski definition) is 3. The number of amides is 3. The average Bonchev–Trinajstić information content (AvgIpc) is 3.28. The maximum absolute atomic E-state index is 12.6. The highest BCUT2D eigenvalue weighted by atomic mass is 32.2. The van der Waals surface area contributed by atoms with Crippen molar-refractivity contribution >= 4 is 30.2 Å². The van der Waals surface area contributed by atoms with Gasteiger partial charge in [0.15, 0.2) is 0 Å². The first-order valence-electron chi connectivity index (χ1n) is 8.44. The third-order valence-corrected chi connectivity index (χ3v) is 5.37. The van der Waals surface area contributed by atoms with E-state index in [9.17, 15) is 14.4 Å². The summed E-state index contributed by atoms with van der Waals surface area (Å²) in [5.41, 5.74) is 0.710. The van der Waals surface area contributed by atoms with Crippen LogP contribution in [0.25, 0.3) is 0 Å². The molecule has 1 saturated carbocycles. The fourth-order valence-corrected chi connectivity index (χ4v) is 3.50. The maximum Gasteiger partial charge on any atom is 0.252 e. The standard InChI is InChI=1S/C16H26N4O3S/c1-3-13(15(22)19-24-12-6-7-12)18-16(23)14-5-4-8-20(14)11(2)9-17-10-21/h10,12-14H,2-9H2,1H3,(H,17,21)(H,18,23)(H,19,22)/t13?,14-/m0/s1. The highest BCUT2D eigenvalue weighted by molar-refractivity contribution is 7.98. The molecule has 1 aliphatic heterocycles. The van der Waals surface area contributed by atoms with Gasteiger partial charge in [-0.05, 0) is 44.1 Å². The smallest absolute Gasteiger partial charge is 0.252 e. The van der Waals surface area contributed by atoms with Gasteiger partial charge in [0.05, 0.1) is 6.54 Å². The Labute approximate surface area is 147 Å². The number of rotatable bonds is 10. The second kappa shape index (κ2) is 8.96. The summed E-state index contributed by atoms with van der Waals surface area (Å²) in [5.74, 6) is -0.299. The van der Waals surface area contributed by atoms with E-state index in [2.05, 4.69) is 21.9 Å². The van der Waals surface area contributed by atoms with Crippen molar-refractivity contribution in [1.82, 2.24) is 20.3 Å². The van der Waals surface area contributed by atoms with Crippen molar-refractivity contribution in [3.05, 3.63) is 12.3 Å². The molecule has 1 heterocycles. The van der Waals surface area contributed by atoms with E-state index < -0.39 is 6.04 Å². The van der Waals surface area contributed by atoms with Crippen molar-refractivity contribution < 1.29 is 14.4 Å². The lowest BCUT2D eigenvalue weighted by Crippen LogP contribution is -2.51. The second-order valence-corrected chi connectivity index (χ2v) is 7.28. The second-order valence-electron chi connectivity index (χ2n) is 6.17. The Balaban J connectivity index is 1.86. The predicted molar refractivity (Wildman–Crippen MR) is 93.9 cm³/mol. The summed E-state index contributed by atoms with van der Waals surface area (Å²) in [6.45, 7) is 6.88. The zero-order chi connectivity index (χ0) is 17.5. The first-order valence-corrected chi connectivity index (χ1v) is 9.32. The van der Waals surface area contributed by atoms with E-state index in [1.54, 1.807) is 0 Å². The van der Waals surface area contributed by atoms with Crippen molar-refractivity contribution in [2.24, 2.45) is 0 Å². The largest absolute Gasteiger partial charge is 0.362 e. The van der Waals surface area contributed by atoms with E-state index >= 15 is 0 Å². The summed E-state index contributed by atoms with van der Waals surface area (Å²) in [6, 6.07) is -0.851. The maximum atomic E-state index is 12.6. The van der Waals surface area contributed by atoms with Gasteiger partial charge in [-0.15, -0.1) is 0 Å². The van der Waals surface area contributed by atoms with E-state index in [0.29, 0.717) is 30.3 Å². The predicted octanol–water partition coefficient (Wildman–Crippen LogP) is 0.532. The van der Waals surface area contributed by atoms with Gasteiger partial charge in [-0.2, -0.15) is 0 Å². The van der Waals surface area contributed by atoms with Crippen LogP contribution in [-0.2, 0) is 14.4 Å². The molecular weight excluding hydrogens is 328 g/mol. The van der Waals surface area contributed by atoms with Gasteiger partial charge in [0.2, 0.25) is 12.3 Å². The molecule has 1 saturated heterocycles. The number of nitrogens with one attached hydrogen (secondary N) is 3. The monoisotopic (exact) mass is 354 g/mol. The van der Waals surface area contributed by atoms with Gasteiger partial charge in [-0.3, -0.25) is 19.1 Å². The number of nitrogens with zero attached hydrogens (tertiary/aromatic N) is 1. The van der Waals surface area contributed by atoms with Crippen molar-refractivity contribution in [3.63, 3.8) is 0 Å². The Morgan fingerprint density at radius 3 is 2.75 bits per heavy atom. The molecule has 3 N–H and O–H groups in total. The van der Waals surface area contributed by atoms with Gasteiger partial charge in [0.25, 0.3) is 5.91 Å². The lowest BCUT2D eigenvalue weighted by Gasteiger charge is -2.29. The van der Waals surface area contributed by atoms with E-state index in [1.165, 1.54) is 11.9 Å². The van der Waals surface area contributed by atoms with Crippen LogP contribution in [0.15, 0.2) is 12.3 Å². The van der Waals surface area contributed by atoms with Crippen LogP contribution in [0, 0.1) is 0 Å². The molecule has 0 bridgehead atoms. The summed E-state index contributed by atoms with van der Waals surface area (Å²) in [6.07, 6.45) is 5.05. The highest BCUT2D eigenvalue weighted by Gasteiger charge is 2.33. The van der Waals surface area contributed by atoms with Gasteiger partial charge >= 0.3 is 0 Å². The van der Waals surface area contributed by atoms with E-state index in [4.69, 9.17) is 0 Å². The molecule has 0 radical (unpaired) electrons. The first-order chi connectivity index (χ1) is 11.6. The fraction of sp³-hybridized carbons (Fsp3) is 0.688. The van der Waals surface area contributed by atoms with Crippen LogP contribution in [0.3, 0.4) is 0 Å². The molecule has 134 valence electrons. The minimum absolute atomic E-state index is 0.145. The van der Waals surface area contributed by atoms with E-state index in [0.717, 1.165) is 32.2 Å². The molecule has 0 spiro atoms. The molecule has 2 fully saturated rings. The Morgan fingerprint density at radius 1 is 1.38 bits per heavy atom. The fourth-order valence-electron chi connectivity index (χ4n) is 2.70. The lowest BCUT2D eigenvalue weighted by atomic mass is 10.1. The molecule has 1 aliphatic carbocycles. The van der Waals surface area contributed by atoms with Gasteiger partial charge in [-0.1, -0.05) is 13.5 Å². The topological polar surface area (TPSA) is 90.5 Å². The quantitative estimate of drug-likeness (QED) is 0.393. The zero-order valence-corrected chi connectivity index (χ0v) is 14.9. The summed E-state index contributed by atoms with van der Waals surface area (Å²) >= 11 is 1.45. The van der Waals surface area contributed by atoms with Crippen molar-refractivity contribution in [2.45, 2.75) is 56.4 Å².